The van der Waals surface area contributed by atoms with Crippen molar-refractivity contribution in [3.63, 3.8) is 0 Å². The van der Waals surface area contributed by atoms with Gasteiger partial charge in [0.25, 0.3) is 13.1 Å². The van der Waals surface area contributed by atoms with Crippen molar-refractivity contribution in [2.45, 2.75) is 100 Å². The lowest BCUT2D eigenvalue weighted by Gasteiger charge is -2.21. The maximum Gasteiger partial charge on any atom is 0.269 e. The first-order valence-electron chi connectivity index (χ1n) is 12.5. The molecule has 0 aliphatic carbocycles. The van der Waals surface area contributed by atoms with E-state index >= 15 is 0 Å². The molecule has 0 bridgehead atoms. The number of hydrogen-bond acceptors (Lipinski definition) is 0. The first-order chi connectivity index (χ1) is 16.2. The highest BCUT2D eigenvalue weighted by Gasteiger charge is 2.30. The van der Waals surface area contributed by atoms with E-state index in [0.717, 1.165) is 0 Å². The highest BCUT2D eigenvalue weighted by molar-refractivity contribution is 7.97. The molecular formula is C33H45NS+2. The van der Waals surface area contributed by atoms with Crippen LogP contribution >= 0.6 is 0 Å². The van der Waals surface area contributed by atoms with Crippen LogP contribution in [0.2, 0.25) is 0 Å². The molecule has 0 spiro atoms. The van der Waals surface area contributed by atoms with E-state index in [0.29, 0.717) is 0 Å². The second kappa shape index (κ2) is 11.5. The molecule has 0 aliphatic rings. The molecule has 0 heterocycles. The standard InChI is InChI=1S/C30H39S.C3H6N/c1-28(2,3)22-10-16-25(17-11-22)31(26-18-12-23(13-19-26)29(4,5)6)27-20-14-24(15-21-27)30(7,8)9;1-3-4-2/h10-21H,1-9H3;1-2H3/q2*+1. The molecule has 1 nitrogen and oxygen atoms in total. The summed E-state index contributed by atoms with van der Waals surface area (Å²) < 4.78 is 0. The Morgan fingerprint density at radius 2 is 0.686 bits per heavy atom. The Morgan fingerprint density at radius 3 is 0.829 bits per heavy atom. The highest BCUT2D eigenvalue weighted by atomic mass is 32.2. The molecule has 0 saturated heterocycles. The van der Waals surface area contributed by atoms with E-state index in [9.17, 15) is 0 Å². The fourth-order valence-electron chi connectivity index (χ4n) is 3.68. The minimum Gasteiger partial charge on any atom is -0.0873 e. The van der Waals surface area contributed by atoms with Gasteiger partial charge in [0.05, 0.1) is 17.8 Å². The molecule has 0 fully saturated rings. The van der Waals surface area contributed by atoms with E-state index in [1.165, 1.54) is 31.4 Å². The Kier molecular flexibility index (Phi) is 9.43. The largest absolute Gasteiger partial charge is 0.269 e. The highest BCUT2D eigenvalue weighted by Crippen LogP contribution is 2.35. The second-order valence-electron chi connectivity index (χ2n) is 12.1. The summed E-state index contributed by atoms with van der Waals surface area (Å²) in [6, 6.07) is 30.4. The molecule has 0 N–H and O–H groups in total. The zero-order valence-electron chi connectivity index (χ0n) is 23.8. The lowest BCUT2D eigenvalue weighted by molar-refractivity contribution is 0.589. The van der Waals surface area contributed by atoms with Crippen LogP contribution in [0.5, 0.6) is 0 Å². The zero-order valence-corrected chi connectivity index (χ0v) is 24.6. The van der Waals surface area contributed by atoms with E-state index in [-0.39, 0.29) is 27.1 Å². The van der Waals surface area contributed by atoms with Gasteiger partial charge in [0.1, 0.15) is 0 Å². The zero-order chi connectivity index (χ0) is 26.4. The average molecular weight is 488 g/mol. The van der Waals surface area contributed by atoms with Crippen molar-refractivity contribution in [2.75, 3.05) is 7.05 Å². The van der Waals surface area contributed by atoms with Gasteiger partial charge < -0.3 is 0 Å². The van der Waals surface area contributed by atoms with Gasteiger partial charge in [-0.1, -0.05) is 104 Å². The van der Waals surface area contributed by atoms with E-state index in [1.807, 2.05) is 0 Å². The van der Waals surface area contributed by atoms with E-state index < -0.39 is 0 Å². The molecule has 3 aromatic rings. The monoisotopic (exact) mass is 487 g/mol. The Morgan fingerprint density at radius 1 is 0.486 bits per heavy atom. The first kappa shape index (κ1) is 28.7. The summed E-state index contributed by atoms with van der Waals surface area (Å²) in [5.41, 5.74) is 4.64. The fourth-order valence-corrected chi connectivity index (χ4v) is 5.72. The van der Waals surface area contributed by atoms with Crippen molar-refractivity contribution < 1.29 is 0 Å². The lowest BCUT2D eigenvalue weighted by Crippen LogP contribution is -2.13. The summed E-state index contributed by atoms with van der Waals surface area (Å²) in [4.78, 5) is 7.61. The maximum absolute atomic E-state index is 3.49. The molecule has 0 aliphatic heterocycles. The molecule has 3 rings (SSSR count). The molecule has 0 saturated carbocycles. The van der Waals surface area contributed by atoms with Gasteiger partial charge >= 0.3 is 0 Å². The van der Waals surface area contributed by atoms with Crippen LogP contribution in [0.15, 0.2) is 87.5 Å². The predicted molar refractivity (Wildman–Crippen MR) is 156 cm³/mol. The van der Waals surface area contributed by atoms with Gasteiger partial charge in [-0.2, -0.15) is 0 Å². The minimum atomic E-state index is -0.120. The van der Waals surface area contributed by atoms with Crippen molar-refractivity contribution in [2.24, 2.45) is 0 Å². The predicted octanol–water partition coefficient (Wildman–Crippen LogP) is 9.64. The van der Waals surface area contributed by atoms with Crippen LogP contribution in [0.4, 0.5) is 0 Å². The van der Waals surface area contributed by atoms with Gasteiger partial charge in [-0.05, 0) is 69.3 Å². The second-order valence-corrected chi connectivity index (χ2v) is 14.1. The summed E-state index contributed by atoms with van der Waals surface area (Å²) in [5.74, 6) is 0. The van der Waals surface area contributed by atoms with Crippen molar-refractivity contribution in [3.8, 4) is 6.07 Å². The van der Waals surface area contributed by atoms with Crippen LogP contribution in [0.1, 0.15) is 85.9 Å². The maximum atomic E-state index is 3.49. The molecule has 0 amide bonds. The van der Waals surface area contributed by atoms with Gasteiger partial charge in [0, 0.05) is 0 Å². The third-order valence-corrected chi connectivity index (χ3v) is 8.32. The molecule has 0 atom stereocenters. The number of nitrogens with zero attached hydrogens (tertiary/aromatic N) is 1. The van der Waals surface area contributed by atoms with Crippen molar-refractivity contribution >= 4 is 10.9 Å². The molecule has 0 aromatic heterocycles. The van der Waals surface area contributed by atoms with Gasteiger partial charge in [0.2, 0.25) is 0 Å². The summed E-state index contributed by atoms with van der Waals surface area (Å²) in [6.07, 6.45) is 0. The molecular weight excluding hydrogens is 442 g/mol. The van der Waals surface area contributed by atoms with Gasteiger partial charge in [-0.15, -0.1) is 0 Å². The summed E-state index contributed by atoms with van der Waals surface area (Å²) in [5, 5.41) is 0. The first-order valence-corrected chi connectivity index (χ1v) is 13.7. The fraction of sp³-hybridized carbons (Fsp3) is 0.424. The Labute approximate surface area is 218 Å². The van der Waals surface area contributed by atoms with Crippen LogP contribution in [0, 0.1) is 6.07 Å². The van der Waals surface area contributed by atoms with Crippen molar-refractivity contribution in [1.82, 2.24) is 0 Å². The average Bonchev–Trinajstić information content (AvgIpc) is 2.79. The lowest BCUT2D eigenvalue weighted by atomic mass is 9.87. The molecule has 35 heavy (non-hydrogen) atoms. The topological polar surface area (TPSA) is 4.36 Å². The van der Waals surface area contributed by atoms with Gasteiger partial charge in [-0.25, -0.2) is 0 Å². The van der Waals surface area contributed by atoms with E-state index in [4.69, 9.17) is 0 Å². The van der Waals surface area contributed by atoms with Gasteiger partial charge in [0.15, 0.2) is 14.7 Å². The smallest absolute Gasteiger partial charge is 0.0873 e. The molecule has 3 aromatic carbocycles. The van der Waals surface area contributed by atoms with E-state index in [2.05, 4.69) is 146 Å². The summed E-state index contributed by atoms with van der Waals surface area (Å²) in [6.45, 7) is 22.2. The molecule has 0 radical (unpaired) electrons. The third-order valence-electron chi connectivity index (χ3n) is 6.09. The van der Waals surface area contributed by atoms with Crippen LogP contribution in [0.25, 0.3) is 4.85 Å². The normalized spacial score (nSPS) is 11.9. The SMILES string of the molecule is CC#[N+]C.CC(C)(C)c1ccc([S+](c2ccc(C(C)(C)C)cc2)c2ccc(C(C)(C)C)cc2)cc1. The summed E-state index contributed by atoms with van der Waals surface area (Å²) >= 11 is 0. The third kappa shape index (κ3) is 8.01. The van der Waals surface area contributed by atoms with Crippen molar-refractivity contribution in [1.29, 1.82) is 0 Å². The summed E-state index contributed by atoms with van der Waals surface area (Å²) in [7, 11) is 1.57. The molecule has 2 heteroatoms. The number of rotatable bonds is 3. The molecule has 186 valence electrons. The Bertz CT molecular complexity index is 980. The van der Waals surface area contributed by atoms with Gasteiger partial charge in [-0.3, -0.25) is 0 Å². The Balaban J connectivity index is 0.00000100. The minimum absolute atomic E-state index is 0.120. The van der Waals surface area contributed by atoms with Crippen LogP contribution < -0.4 is 0 Å². The van der Waals surface area contributed by atoms with Crippen molar-refractivity contribution in [3.05, 3.63) is 94.3 Å². The van der Waals surface area contributed by atoms with Crippen LogP contribution in [-0.4, -0.2) is 7.05 Å². The number of hydrogen-bond donors (Lipinski definition) is 0. The van der Waals surface area contributed by atoms with E-state index in [1.54, 1.807) is 14.0 Å². The quantitative estimate of drug-likeness (QED) is 0.324. The van der Waals surface area contributed by atoms with Crippen LogP contribution in [0.3, 0.4) is 0 Å². The van der Waals surface area contributed by atoms with Crippen LogP contribution in [-0.2, 0) is 27.1 Å². The molecule has 0 unspecified atom stereocenters. The number of benzene rings is 3. The Hall–Kier alpha value is -2.50.